The smallest absolute Gasteiger partial charge is 0.151 e. The number of rotatable bonds is 1. The highest BCUT2D eigenvalue weighted by atomic mass is 19.1. The van der Waals surface area contributed by atoms with Crippen molar-refractivity contribution in [1.82, 2.24) is 0 Å². The lowest BCUT2D eigenvalue weighted by Crippen LogP contribution is -1.99. The van der Waals surface area contributed by atoms with Crippen molar-refractivity contribution in [3.63, 3.8) is 0 Å². The molecule has 0 aliphatic rings. The summed E-state index contributed by atoms with van der Waals surface area (Å²) in [6.07, 6.45) is 0. The van der Waals surface area contributed by atoms with Crippen LogP contribution in [0.1, 0.15) is 0 Å². The Morgan fingerprint density at radius 2 is 2.00 bits per heavy atom. The number of nitrogens with one attached hydrogen (secondary N) is 1. The monoisotopic (exact) mass is 158 g/mol. The summed E-state index contributed by atoms with van der Waals surface area (Å²) in [7, 11) is 1.55. The molecule has 0 heterocycles. The molecule has 0 saturated heterocycles. The van der Waals surface area contributed by atoms with E-state index in [2.05, 4.69) is 5.32 Å². The van der Waals surface area contributed by atoms with Gasteiger partial charge in [-0.2, -0.15) is 0 Å². The van der Waals surface area contributed by atoms with Crippen LogP contribution in [0.3, 0.4) is 0 Å². The van der Waals surface area contributed by atoms with Gasteiger partial charge in [0.05, 0.1) is 11.4 Å². The van der Waals surface area contributed by atoms with Crippen LogP contribution in [0.2, 0.25) is 0 Å². The molecule has 0 saturated carbocycles. The van der Waals surface area contributed by atoms with Gasteiger partial charge in [0.1, 0.15) is 5.82 Å². The predicted molar refractivity (Wildman–Crippen MR) is 40.3 cm³/mol. The first kappa shape index (κ1) is 7.78. The van der Waals surface area contributed by atoms with Crippen LogP contribution < -0.4 is 11.1 Å². The second kappa shape index (κ2) is 2.74. The molecule has 3 N–H and O–H groups in total. The van der Waals surface area contributed by atoms with E-state index in [1.54, 1.807) is 7.05 Å². The maximum atomic E-state index is 12.6. The van der Waals surface area contributed by atoms with Crippen LogP contribution >= 0.6 is 0 Å². The highest BCUT2D eigenvalue weighted by Gasteiger charge is 2.05. The van der Waals surface area contributed by atoms with Gasteiger partial charge in [0.25, 0.3) is 0 Å². The molecule has 0 atom stereocenters. The second-order valence-electron chi connectivity index (χ2n) is 2.10. The zero-order chi connectivity index (χ0) is 8.43. The fourth-order valence-electron chi connectivity index (χ4n) is 0.792. The molecule has 0 radical (unpaired) electrons. The number of anilines is 2. The van der Waals surface area contributed by atoms with Crippen molar-refractivity contribution in [2.45, 2.75) is 0 Å². The molecule has 0 aromatic heterocycles. The van der Waals surface area contributed by atoms with Crippen LogP contribution in [0.25, 0.3) is 0 Å². The number of nitrogen functional groups attached to an aromatic ring is 1. The van der Waals surface area contributed by atoms with Crippen LogP contribution in [0.5, 0.6) is 0 Å². The van der Waals surface area contributed by atoms with Gasteiger partial charge in [-0.05, 0) is 6.07 Å². The Bertz CT molecular complexity index is 273. The lowest BCUT2D eigenvalue weighted by atomic mass is 10.2. The third-order valence-corrected chi connectivity index (χ3v) is 1.36. The highest BCUT2D eigenvalue weighted by Crippen LogP contribution is 2.22. The van der Waals surface area contributed by atoms with Gasteiger partial charge >= 0.3 is 0 Å². The molecule has 60 valence electrons. The van der Waals surface area contributed by atoms with E-state index in [1.807, 2.05) is 0 Å². The lowest BCUT2D eigenvalue weighted by Gasteiger charge is -2.04. The molecule has 1 rings (SSSR count). The van der Waals surface area contributed by atoms with E-state index in [9.17, 15) is 8.78 Å². The number of hydrogen-bond donors (Lipinski definition) is 2. The Balaban J connectivity index is 3.24. The minimum absolute atomic E-state index is 0.0612. The molecule has 0 bridgehead atoms. The number of benzene rings is 1. The van der Waals surface area contributed by atoms with Crippen molar-refractivity contribution in [2.24, 2.45) is 0 Å². The zero-order valence-corrected chi connectivity index (χ0v) is 5.99. The first-order valence-corrected chi connectivity index (χ1v) is 3.07. The molecular weight excluding hydrogens is 150 g/mol. The molecule has 1 aromatic rings. The normalized spacial score (nSPS) is 9.73. The molecular formula is C7H8F2N2. The average Bonchev–Trinajstić information content (AvgIpc) is 1.96. The summed E-state index contributed by atoms with van der Waals surface area (Å²) in [5.41, 5.74) is 5.46. The summed E-state index contributed by atoms with van der Waals surface area (Å²) >= 11 is 0. The van der Waals surface area contributed by atoms with E-state index in [1.165, 1.54) is 0 Å². The standard InChI is InChI=1S/C7H8F2N2/c1-11-6-3-4(8)2-5(9)7(6)10/h2-3,11H,10H2,1H3. The lowest BCUT2D eigenvalue weighted by molar-refractivity contribution is 0.587. The fourth-order valence-corrected chi connectivity index (χ4v) is 0.792. The number of hydrogen-bond acceptors (Lipinski definition) is 2. The van der Waals surface area contributed by atoms with E-state index in [0.717, 1.165) is 12.1 Å². The van der Waals surface area contributed by atoms with E-state index < -0.39 is 11.6 Å². The highest BCUT2D eigenvalue weighted by molar-refractivity contribution is 5.66. The molecule has 0 unspecified atom stereocenters. The molecule has 0 amide bonds. The van der Waals surface area contributed by atoms with Crippen molar-refractivity contribution in [3.8, 4) is 0 Å². The van der Waals surface area contributed by atoms with Gasteiger partial charge in [0, 0.05) is 13.1 Å². The van der Waals surface area contributed by atoms with Crippen LogP contribution in [-0.2, 0) is 0 Å². The minimum atomic E-state index is -0.741. The van der Waals surface area contributed by atoms with Gasteiger partial charge in [-0.15, -0.1) is 0 Å². The Morgan fingerprint density at radius 1 is 1.36 bits per heavy atom. The van der Waals surface area contributed by atoms with E-state index in [-0.39, 0.29) is 11.4 Å². The van der Waals surface area contributed by atoms with Gasteiger partial charge in [0.15, 0.2) is 5.82 Å². The zero-order valence-electron chi connectivity index (χ0n) is 5.99. The summed E-state index contributed by atoms with van der Waals surface area (Å²) in [6.45, 7) is 0. The average molecular weight is 158 g/mol. The molecule has 1 aromatic carbocycles. The van der Waals surface area contributed by atoms with Crippen molar-refractivity contribution in [3.05, 3.63) is 23.8 Å². The largest absolute Gasteiger partial charge is 0.395 e. The summed E-state index contributed by atoms with van der Waals surface area (Å²) in [5.74, 6) is -1.38. The third kappa shape index (κ3) is 1.39. The Kier molecular flexibility index (Phi) is 1.94. The van der Waals surface area contributed by atoms with Crippen LogP contribution in [0, 0.1) is 11.6 Å². The fraction of sp³-hybridized carbons (Fsp3) is 0.143. The maximum Gasteiger partial charge on any atom is 0.151 e. The van der Waals surface area contributed by atoms with Gasteiger partial charge in [-0.3, -0.25) is 0 Å². The predicted octanol–water partition coefficient (Wildman–Crippen LogP) is 1.59. The molecule has 2 nitrogen and oxygen atoms in total. The quantitative estimate of drug-likeness (QED) is 0.609. The van der Waals surface area contributed by atoms with Crippen molar-refractivity contribution in [1.29, 1.82) is 0 Å². The molecule has 0 fully saturated rings. The summed E-state index contributed by atoms with van der Waals surface area (Å²) in [4.78, 5) is 0. The van der Waals surface area contributed by atoms with Crippen LogP contribution in [0.4, 0.5) is 20.2 Å². The topological polar surface area (TPSA) is 38.0 Å². The second-order valence-corrected chi connectivity index (χ2v) is 2.10. The van der Waals surface area contributed by atoms with Crippen LogP contribution in [-0.4, -0.2) is 7.05 Å². The molecule has 0 spiro atoms. The molecule has 0 aliphatic heterocycles. The van der Waals surface area contributed by atoms with Crippen molar-refractivity contribution in [2.75, 3.05) is 18.1 Å². The number of nitrogens with two attached hydrogens (primary N) is 1. The Morgan fingerprint density at radius 3 is 2.55 bits per heavy atom. The van der Waals surface area contributed by atoms with E-state index >= 15 is 0 Å². The maximum absolute atomic E-state index is 12.6. The first-order valence-electron chi connectivity index (χ1n) is 3.07. The molecule has 11 heavy (non-hydrogen) atoms. The van der Waals surface area contributed by atoms with E-state index in [0.29, 0.717) is 0 Å². The van der Waals surface area contributed by atoms with Crippen molar-refractivity contribution < 1.29 is 8.78 Å². The third-order valence-electron chi connectivity index (χ3n) is 1.36. The minimum Gasteiger partial charge on any atom is -0.395 e. The summed E-state index contributed by atoms with van der Waals surface area (Å²) in [6, 6.07) is 1.88. The van der Waals surface area contributed by atoms with Gasteiger partial charge in [-0.25, -0.2) is 8.78 Å². The molecule has 4 heteroatoms. The molecule has 0 aliphatic carbocycles. The number of halogens is 2. The SMILES string of the molecule is CNc1cc(F)cc(F)c1N. The van der Waals surface area contributed by atoms with Crippen molar-refractivity contribution >= 4 is 11.4 Å². The van der Waals surface area contributed by atoms with Gasteiger partial charge < -0.3 is 11.1 Å². The van der Waals surface area contributed by atoms with Crippen LogP contribution in [0.15, 0.2) is 12.1 Å². The van der Waals surface area contributed by atoms with E-state index in [4.69, 9.17) is 5.73 Å². The first-order chi connectivity index (χ1) is 5.15. The Hall–Kier alpha value is -1.32. The van der Waals surface area contributed by atoms with Gasteiger partial charge in [0.2, 0.25) is 0 Å². The summed E-state index contributed by atoms with van der Waals surface area (Å²) in [5, 5.41) is 2.57. The summed E-state index contributed by atoms with van der Waals surface area (Å²) < 4.78 is 25.1. The van der Waals surface area contributed by atoms with Gasteiger partial charge in [-0.1, -0.05) is 0 Å². The Labute approximate surface area is 63.0 Å².